The molecule has 2 aromatic carbocycles. The first kappa shape index (κ1) is 21.0. The number of hydrogen-bond donors (Lipinski definition) is 0. The van der Waals surface area contributed by atoms with Crippen molar-refractivity contribution in [1.29, 1.82) is 0 Å². The lowest BCUT2D eigenvalue weighted by Crippen LogP contribution is -2.44. The maximum Gasteiger partial charge on any atom is 0.243 e. The van der Waals surface area contributed by atoms with Gasteiger partial charge in [-0.1, -0.05) is 18.2 Å². The zero-order chi connectivity index (χ0) is 21.3. The minimum atomic E-state index is -3.67. The number of hydrogen-bond acceptors (Lipinski definition) is 4. The minimum Gasteiger partial charge on any atom is -0.308 e. The van der Waals surface area contributed by atoms with Crippen LogP contribution in [-0.4, -0.2) is 62.3 Å². The molecule has 2 aliphatic rings. The Hall–Kier alpha value is -2.29. The van der Waals surface area contributed by atoms with Crippen LogP contribution >= 0.6 is 0 Å². The molecule has 30 heavy (non-hydrogen) atoms. The average Bonchev–Trinajstić information content (AvgIpc) is 2.88. The van der Waals surface area contributed by atoms with Crippen LogP contribution in [0.2, 0.25) is 0 Å². The fourth-order valence-corrected chi connectivity index (χ4v) is 5.78. The molecule has 6 nitrogen and oxygen atoms in total. The van der Waals surface area contributed by atoms with E-state index < -0.39 is 15.8 Å². The number of benzene rings is 2. The van der Waals surface area contributed by atoms with E-state index in [1.165, 1.54) is 22.0 Å². The molecular weight excluding hydrogens is 405 g/mol. The van der Waals surface area contributed by atoms with E-state index in [2.05, 4.69) is 13.0 Å². The van der Waals surface area contributed by atoms with Crippen LogP contribution in [-0.2, 0) is 21.2 Å². The Bertz CT molecular complexity index is 1030. The van der Waals surface area contributed by atoms with Gasteiger partial charge in [0.05, 0.1) is 11.4 Å². The molecule has 0 spiro atoms. The van der Waals surface area contributed by atoms with Gasteiger partial charge >= 0.3 is 0 Å². The van der Waals surface area contributed by atoms with Crippen molar-refractivity contribution < 1.29 is 17.6 Å². The zero-order valence-electron chi connectivity index (χ0n) is 17.0. The van der Waals surface area contributed by atoms with E-state index in [-0.39, 0.29) is 23.4 Å². The molecule has 4 rings (SSSR count). The third-order valence-corrected chi connectivity index (χ3v) is 7.75. The molecule has 1 atom stereocenters. The third-order valence-electron chi connectivity index (χ3n) is 5.83. The van der Waals surface area contributed by atoms with Gasteiger partial charge < -0.3 is 4.90 Å². The summed E-state index contributed by atoms with van der Waals surface area (Å²) in [5.74, 6) is -0.422. The van der Waals surface area contributed by atoms with Crippen molar-refractivity contribution in [2.24, 2.45) is 0 Å². The molecule has 8 heteroatoms. The van der Waals surface area contributed by atoms with Gasteiger partial charge in [0.2, 0.25) is 15.9 Å². The minimum absolute atomic E-state index is 0.0438. The molecule has 0 bridgehead atoms. The van der Waals surface area contributed by atoms with Gasteiger partial charge in [-0.25, -0.2) is 12.8 Å². The predicted octanol–water partition coefficient (Wildman–Crippen LogP) is 2.50. The zero-order valence-corrected chi connectivity index (χ0v) is 17.8. The van der Waals surface area contributed by atoms with Crippen LogP contribution < -0.4 is 4.90 Å². The van der Waals surface area contributed by atoms with Crippen LogP contribution in [0.4, 0.5) is 10.1 Å². The highest BCUT2D eigenvalue weighted by Gasteiger charge is 2.32. The molecule has 2 aliphatic heterocycles. The van der Waals surface area contributed by atoms with Crippen molar-refractivity contribution in [3.63, 3.8) is 0 Å². The molecule has 0 unspecified atom stereocenters. The van der Waals surface area contributed by atoms with Crippen molar-refractivity contribution in [2.75, 3.05) is 37.6 Å². The lowest BCUT2D eigenvalue weighted by Gasteiger charge is -2.27. The average molecular weight is 432 g/mol. The Morgan fingerprint density at radius 2 is 1.77 bits per heavy atom. The fourth-order valence-electron chi connectivity index (χ4n) is 4.31. The topological polar surface area (TPSA) is 60.9 Å². The summed E-state index contributed by atoms with van der Waals surface area (Å²) in [5, 5.41) is 0. The summed E-state index contributed by atoms with van der Waals surface area (Å²) in [4.78, 5) is 17.0. The van der Waals surface area contributed by atoms with E-state index in [1.807, 2.05) is 28.0 Å². The molecule has 2 heterocycles. The van der Waals surface area contributed by atoms with Crippen LogP contribution in [0.3, 0.4) is 0 Å². The number of amides is 1. The van der Waals surface area contributed by atoms with E-state index in [0.717, 1.165) is 24.2 Å². The molecule has 1 fully saturated rings. The number of halogens is 1. The molecule has 160 valence electrons. The van der Waals surface area contributed by atoms with Gasteiger partial charge in [-0.05, 0) is 62.2 Å². The quantitative estimate of drug-likeness (QED) is 0.746. The normalized spacial score (nSPS) is 20.7. The fraction of sp³-hybridized carbons (Fsp3) is 0.409. The van der Waals surface area contributed by atoms with Gasteiger partial charge in [-0.3, -0.25) is 9.69 Å². The first-order valence-corrected chi connectivity index (χ1v) is 11.7. The molecule has 0 saturated carbocycles. The summed E-state index contributed by atoms with van der Waals surface area (Å²) in [6, 6.07) is 13.0. The number of anilines is 1. The number of para-hydroxylation sites is 1. The Balaban J connectivity index is 1.41. The molecular formula is C22H26FN3O3S. The smallest absolute Gasteiger partial charge is 0.243 e. The summed E-state index contributed by atoms with van der Waals surface area (Å²) in [6.07, 6.45) is 1.49. The second kappa shape index (κ2) is 8.45. The van der Waals surface area contributed by atoms with Crippen molar-refractivity contribution in [3.05, 3.63) is 59.9 Å². The van der Waals surface area contributed by atoms with Crippen LogP contribution in [0, 0.1) is 5.82 Å². The van der Waals surface area contributed by atoms with E-state index in [9.17, 15) is 17.6 Å². The van der Waals surface area contributed by atoms with Crippen molar-refractivity contribution in [1.82, 2.24) is 9.21 Å². The van der Waals surface area contributed by atoms with Crippen LogP contribution in [0.1, 0.15) is 18.9 Å². The second-order valence-corrected chi connectivity index (χ2v) is 9.87. The first-order chi connectivity index (χ1) is 14.4. The third kappa shape index (κ3) is 4.12. The van der Waals surface area contributed by atoms with Crippen molar-refractivity contribution in [3.8, 4) is 0 Å². The Morgan fingerprint density at radius 3 is 2.53 bits per heavy atom. The van der Waals surface area contributed by atoms with Gasteiger partial charge in [0.1, 0.15) is 5.82 Å². The summed E-state index contributed by atoms with van der Waals surface area (Å²) in [6.45, 7) is 4.15. The predicted molar refractivity (Wildman–Crippen MR) is 113 cm³/mol. The lowest BCUT2D eigenvalue weighted by molar-refractivity contribution is -0.120. The highest BCUT2D eigenvalue weighted by molar-refractivity contribution is 7.89. The van der Waals surface area contributed by atoms with Crippen molar-refractivity contribution in [2.45, 2.75) is 30.7 Å². The van der Waals surface area contributed by atoms with Crippen LogP contribution in [0.5, 0.6) is 0 Å². The van der Waals surface area contributed by atoms with E-state index in [1.54, 1.807) is 0 Å². The van der Waals surface area contributed by atoms with Crippen LogP contribution in [0.15, 0.2) is 53.4 Å². The van der Waals surface area contributed by atoms with Crippen molar-refractivity contribution >= 4 is 21.6 Å². The Morgan fingerprint density at radius 1 is 1.03 bits per heavy atom. The molecule has 2 aromatic rings. The summed E-state index contributed by atoms with van der Waals surface area (Å²) in [5.41, 5.74) is 2.16. The second-order valence-electron chi connectivity index (χ2n) is 7.93. The number of nitrogens with zero attached hydrogens (tertiary/aromatic N) is 3. The summed E-state index contributed by atoms with van der Waals surface area (Å²) < 4.78 is 40.3. The van der Waals surface area contributed by atoms with E-state index in [4.69, 9.17) is 0 Å². The Labute approximate surface area is 176 Å². The highest BCUT2D eigenvalue weighted by atomic mass is 32.2. The molecule has 0 N–H and O–H groups in total. The molecule has 0 radical (unpaired) electrons. The number of rotatable bonds is 4. The van der Waals surface area contributed by atoms with Gasteiger partial charge in [-0.2, -0.15) is 4.31 Å². The Kier molecular flexibility index (Phi) is 5.90. The standard InChI is InChI=1S/C22H26FN3O3S/c1-17-15-18-5-2-3-6-21(18)26(17)22(27)16-24-11-4-12-25(14-13-24)30(28,29)20-9-7-19(23)8-10-20/h2-3,5-10,17H,4,11-16H2,1H3/t17-/m1/s1. The maximum atomic E-state index is 13.2. The monoisotopic (exact) mass is 431 g/mol. The highest BCUT2D eigenvalue weighted by Crippen LogP contribution is 2.32. The molecule has 0 aromatic heterocycles. The SMILES string of the molecule is C[C@@H]1Cc2ccccc2N1C(=O)CN1CCCN(S(=O)(=O)c2ccc(F)cc2)CC1. The van der Waals surface area contributed by atoms with Gasteiger partial charge in [0.25, 0.3) is 0 Å². The van der Waals surface area contributed by atoms with Gasteiger partial charge in [-0.15, -0.1) is 0 Å². The van der Waals surface area contributed by atoms with E-state index in [0.29, 0.717) is 32.6 Å². The van der Waals surface area contributed by atoms with Gasteiger partial charge in [0.15, 0.2) is 0 Å². The van der Waals surface area contributed by atoms with Gasteiger partial charge in [0, 0.05) is 31.4 Å². The summed E-state index contributed by atoms with van der Waals surface area (Å²) in [7, 11) is -3.67. The molecule has 0 aliphatic carbocycles. The number of carbonyl (C=O) groups is 1. The largest absolute Gasteiger partial charge is 0.308 e. The van der Waals surface area contributed by atoms with E-state index >= 15 is 0 Å². The number of sulfonamides is 1. The summed E-state index contributed by atoms with van der Waals surface area (Å²) >= 11 is 0. The first-order valence-electron chi connectivity index (χ1n) is 10.2. The molecule has 1 saturated heterocycles. The number of carbonyl (C=O) groups excluding carboxylic acids is 1. The number of fused-ring (bicyclic) bond motifs is 1. The lowest BCUT2D eigenvalue weighted by atomic mass is 10.1. The maximum absolute atomic E-state index is 13.2. The van der Waals surface area contributed by atoms with Crippen LogP contribution in [0.25, 0.3) is 0 Å². The molecule has 1 amide bonds.